The number of hydrogen-bond acceptors (Lipinski definition) is 5. The maximum Gasteiger partial charge on any atom is 0.407 e. The lowest BCUT2D eigenvalue weighted by Crippen LogP contribution is -2.38. The van der Waals surface area contributed by atoms with Crippen molar-refractivity contribution in [2.24, 2.45) is 5.92 Å². The van der Waals surface area contributed by atoms with Crippen LogP contribution in [0.25, 0.3) is 11.0 Å². The number of halogens is 1. The van der Waals surface area contributed by atoms with Crippen molar-refractivity contribution < 1.29 is 9.53 Å². The Morgan fingerprint density at radius 1 is 1.29 bits per heavy atom. The molecule has 1 aliphatic carbocycles. The molecule has 0 unspecified atom stereocenters. The molecule has 0 aromatic carbocycles. The molecule has 1 aliphatic heterocycles. The molecule has 0 spiro atoms. The first-order valence-electron chi connectivity index (χ1n) is 11.5. The van der Waals surface area contributed by atoms with Crippen molar-refractivity contribution in [3.05, 3.63) is 23.7 Å². The summed E-state index contributed by atoms with van der Waals surface area (Å²) < 4.78 is 7.63. The molecule has 1 N–H and O–H groups in total. The Hall–Kier alpha value is -1.86. The fraction of sp³-hybridized carbons (Fsp3) is 0.696. The van der Waals surface area contributed by atoms with Gasteiger partial charge in [0.2, 0.25) is 0 Å². The number of amides is 1. The highest BCUT2D eigenvalue weighted by Gasteiger charge is 2.32. The minimum absolute atomic E-state index is 0.321. The van der Waals surface area contributed by atoms with Crippen LogP contribution in [0.2, 0.25) is 5.15 Å². The molecular formula is C23H34ClN5O2. The van der Waals surface area contributed by atoms with Crippen LogP contribution in [0.5, 0.6) is 0 Å². The number of rotatable bonds is 6. The summed E-state index contributed by atoms with van der Waals surface area (Å²) in [6, 6.07) is 3.05. The molecule has 3 heterocycles. The highest BCUT2D eigenvalue weighted by Crippen LogP contribution is 2.38. The average molecular weight is 448 g/mol. The summed E-state index contributed by atoms with van der Waals surface area (Å²) in [5.74, 6) is 0.694. The number of aromatic nitrogens is 3. The molecule has 1 saturated carbocycles. The molecule has 2 fully saturated rings. The summed E-state index contributed by atoms with van der Waals surface area (Å²) in [5, 5.41) is 4.37. The van der Waals surface area contributed by atoms with Gasteiger partial charge in [-0.25, -0.2) is 14.8 Å². The van der Waals surface area contributed by atoms with E-state index in [0.29, 0.717) is 29.7 Å². The van der Waals surface area contributed by atoms with Crippen molar-refractivity contribution in [1.82, 2.24) is 24.8 Å². The first kappa shape index (κ1) is 22.3. The highest BCUT2D eigenvalue weighted by molar-refractivity contribution is 6.33. The van der Waals surface area contributed by atoms with Gasteiger partial charge < -0.3 is 19.5 Å². The molecule has 8 heteroatoms. The van der Waals surface area contributed by atoms with Gasteiger partial charge in [-0.1, -0.05) is 11.6 Å². The standard InChI is InChI=1S/C23H34ClN5O2/c1-23(2,3)31-22(30)25-10-8-17-5-4-11-28(17)14-16-6-7-18(13-16)29-12-9-19-20(24)26-15-27-21(19)29/h9,12,15-18H,4-8,10-11,13-14H2,1-3H3,(H,25,30)/t16-,17+,18+/m1/s1. The second-order valence-corrected chi connectivity index (χ2v) is 10.3. The Kier molecular flexibility index (Phi) is 6.72. The zero-order valence-corrected chi connectivity index (χ0v) is 19.6. The van der Waals surface area contributed by atoms with Crippen LogP contribution in [-0.2, 0) is 4.74 Å². The van der Waals surface area contributed by atoms with Crippen LogP contribution in [0.15, 0.2) is 18.6 Å². The van der Waals surface area contributed by atoms with E-state index in [-0.39, 0.29) is 6.09 Å². The van der Waals surface area contributed by atoms with Gasteiger partial charge in [-0.2, -0.15) is 0 Å². The molecule has 170 valence electrons. The third-order valence-corrected chi connectivity index (χ3v) is 6.81. The predicted molar refractivity (Wildman–Crippen MR) is 122 cm³/mol. The normalized spacial score (nSPS) is 24.7. The van der Waals surface area contributed by atoms with Gasteiger partial charge in [0.15, 0.2) is 0 Å². The van der Waals surface area contributed by atoms with E-state index >= 15 is 0 Å². The monoisotopic (exact) mass is 447 g/mol. The first-order chi connectivity index (χ1) is 14.8. The van der Waals surface area contributed by atoms with Crippen molar-refractivity contribution in [2.75, 3.05) is 19.6 Å². The number of nitrogens with one attached hydrogen (secondary N) is 1. The molecule has 2 aromatic heterocycles. The molecular weight excluding hydrogens is 414 g/mol. The van der Waals surface area contributed by atoms with Crippen LogP contribution in [0, 0.1) is 5.92 Å². The number of fused-ring (bicyclic) bond motifs is 1. The fourth-order valence-corrected chi connectivity index (χ4v) is 5.34. The Labute approximate surface area is 189 Å². The van der Waals surface area contributed by atoms with Gasteiger partial charge in [0.05, 0.1) is 5.39 Å². The Morgan fingerprint density at radius 2 is 2.13 bits per heavy atom. The lowest BCUT2D eigenvalue weighted by molar-refractivity contribution is 0.0523. The smallest absolute Gasteiger partial charge is 0.407 e. The van der Waals surface area contributed by atoms with E-state index in [1.54, 1.807) is 6.33 Å². The molecule has 3 atom stereocenters. The number of likely N-dealkylation sites (tertiary alicyclic amines) is 1. The summed E-state index contributed by atoms with van der Waals surface area (Å²) in [5.41, 5.74) is 0.489. The Balaban J connectivity index is 1.27. The lowest BCUT2D eigenvalue weighted by Gasteiger charge is -2.28. The van der Waals surface area contributed by atoms with E-state index in [0.717, 1.165) is 30.5 Å². The lowest BCUT2D eigenvalue weighted by atomic mass is 10.1. The van der Waals surface area contributed by atoms with Crippen molar-refractivity contribution in [3.8, 4) is 0 Å². The average Bonchev–Trinajstić information content (AvgIpc) is 3.41. The number of ether oxygens (including phenoxy) is 1. The van der Waals surface area contributed by atoms with Crippen molar-refractivity contribution >= 4 is 28.7 Å². The molecule has 31 heavy (non-hydrogen) atoms. The molecule has 7 nitrogen and oxygen atoms in total. The summed E-state index contributed by atoms with van der Waals surface area (Å²) in [6.07, 6.45) is 10.4. The van der Waals surface area contributed by atoms with E-state index in [2.05, 4.69) is 30.9 Å². The molecule has 2 aromatic rings. The van der Waals surface area contributed by atoms with E-state index in [9.17, 15) is 4.79 Å². The zero-order chi connectivity index (χ0) is 22.0. The molecule has 4 rings (SSSR count). The van der Waals surface area contributed by atoms with Crippen LogP contribution in [0.3, 0.4) is 0 Å². The quantitative estimate of drug-likeness (QED) is 0.643. The highest BCUT2D eigenvalue weighted by atomic mass is 35.5. The first-order valence-corrected chi connectivity index (χ1v) is 11.9. The van der Waals surface area contributed by atoms with Crippen LogP contribution in [-0.4, -0.2) is 56.8 Å². The fourth-order valence-electron chi connectivity index (χ4n) is 5.15. The van der Waals surface area contributed by atoms with Crippen LogP contribution >= 0.6 is 11.6 Å². The molecule has 2 aliphatic rings. The minimum Gasteiger partial charge on any atom is -0.444 e. The van der Waals surface area contributed by atoms with Crippen LogP contribution < -0.4 is 5.32 Å². The number of carbonyl (C=O) groups is 1. The van der Waals surface area contributed by atoms with E-state index < -0.39 is 5.60 Å². The molecule has 0 radical (unpaired) electrons. The third-order valence-electron chi connectivity index (χ3n) is 6.51. The van der Waals surface area contributed by atoms with Gasteiger partial charge in [-0.3, -0.25) is 0 Å². The van der Waals surface area contributed by atoms with Gasteiger partial charge in [0.25, 0.3) is 0 Å². The molecule has 1 amide bonds. The van der Waals surface area contributed by atoms with E-state index in [1.165, 1.54) is 32.1 Å². The summed E-state index contributed by atoms with van der Waals surface area (Å²) >= 11 is 6.22. The van der Waals surface area contributed by atoms with Crippen LogP contribution in [0.1, 0.15) is 65.3 Å². The minimum atomic E-state index is -0.453. The second kappa shape index (κ2) is 9.33. The Morgan fingerprint density at radius 3 is 2.94 bits per heavy atom. The summed E-state index contributed by atoms with van der Waals surface area (Å²) in [6.45, 7) is 8.63. The topological polar surface area (TPSA) is 72.3 Å². The predicted octanol–water partition coefficient (Wildman–Crippen LogP) is 4.81. The SMILES string of the molecule is CC(C)(C)OC(=O)NCC[C@@H]1CCCN1C[C@@H]1CC[C@H](n2ccc3c(Cl)ncnc32)C1. The van der Waals surface area contributed by atoms with Crippen molar-refractivity contribution in [3.63, 3.8) is 0 Å². The second-order valence-electron chi connectivity index (χ2n) is 9.97. The maximum atomic E-state index is 11.9. The van der Waals surface area contributed by atoms with Gasteiger partial charge in [-0.05, 0) is 77.8 Å². The molecule has 1 saturated heterocycles. The van der Waals surface area contributed by atoms with Crippen LogP contribution in [0.4, 0.5) is 4.79 Å². The third kappa shape index (κ3) is 5.50. The van der Waals surface area contributed by atoms with E-state index in [1.807, 2.05) is 26.8 Å². The summed E-state index contributed by atoms with van der Waals surface area (Å²) in [4.78, 5) is 23.1. The number of carbonyl (C=O) groups excluding carboxylic acids is 1. The van der Waals surface area contributed by atoms with E-state index in [4.69, 9.17) is 16.3 Å². The summed E-state index contributed by atoms with van der Waals surface area (Å²) in [7, 11) is 0. The van der Waals surface area contributed by atoms with Crippen molar-refractivity contribution in [2.45, 2.75) is 77.0 Å². The maximum absolute atomic E-state index is 11.9. The number of alkyl carbamates (subject to hydrolysis) is 1. The Bertz CT molecular complexity index is 909. The van der Waals surface area contributed by atoms with Crippen molar-refractivity contribution in [1.29, 1.82) is 0 Å². The largest absolute Gasteiger partial charge is 0.444 e. The van der Waals surface area contributed by atoms with Gasteiger partial charge in [-0.15, -0.1) is 0 Å². The van der Waals surface area contributed by atoms with Gasteiger partial charge in [0.1, 0.15) is 22.7 Å². The number of nitrogens with zero attached hydrogens (tertiary/aromatic N) is 4. The van der Waals surface area contributed by atoms with Gasteiger partial charge >= 0.3 is 6.09 Å². The van der Waals surface area contributed by atoms with Gasteiger partial charge in [0, 0.05) is 31.4 Å². The zero-order valence-electron chi connectivity index (χ0n) is 18.8. The molecule has 0 bridgehead atoms. The number of hydrogen-bond donors (Lipinski definition) is 1.